The van der Waals surface area contributed by atoms with E-state index in [0.29, 0.717) is 71.1 Å². The minimum atomic E-state index is -1.30. The van der Waals surface area contributed by atoms with Gasteiger partial charge in [-0.3, -0.25) is 33.6 Å². The molecule has 1 fully saturated rings. The first-order valence-electron chi connectivity index (χ1n) is 19.1. The summed E-state index contributed by atoms with van der Waals surface area (Å²) < 4.78 is 0.708. The molecule has 2 aromatic rings. The van der Waals surface area contributed by atoms with Crippen molar-refractivity contribution in [1.82, 2.24) is 36.4 Å². The first-order chi connectivity index (χ1) is 27.1. The summed E-state index contributed by atoms with van der Waals surface area (Å²) in [6.07, 6.45) is 2.50. The number of halogens is 1. The molecule has 57 heavy (non-hydrogen) atoms. The Hall–Kier alpha value is -4.82. The number of nitrogens with zero attached hydrogens (tertiary/aromatic N) is 2. The highest BCUT2D eigenvalue weighted by molar-refractivity contribution is 14.1. The second-order valence-electron chi connectivity index (χ2n) is 14.5. The molecule has 2 aliphatic heterocycles. The Morgan fingerprint density at radius 3 is 2.46 bits per heavy atom. The first-order valence-corrected chi connectivity index (χ1v) is 20.2. The molecule has 0 saturated carbocycles. The van der Waals surface area contributed by atoms with Crippen LogP contribution in [0.3, 0.4) is 0 Å². The third-order valence-corrected chi connectivity index (χ3v) is 11.2. The van der Waals surface area contributed by atoms with Gasteiger partial charge in [0.2, 0.25) is 41.4 Å². The molecular weight excluding hydrogens is 849 g/mol. The summed E-state index contributed by atoms with van der Waals surface area (Å²) in [6, 6.07) is 3.28. The fourth-order valence-electron chi connectivity index (χ4n) is 7.07. The molecule has 310 valence electrons. The van der Waals surface area contributed by atoms with E-state index in [1.54, 1.807) is 37.4 Å². The molecule has 4 rings (SSSR count). The Kier molecular flexibility index (Phi) is 16.2. The van der Waals surface area contributed by atoms with Gasteiger partial charge in [-0.1, -0.05) is 12.1 Å². The van der Waals surface area contributed by atoms with Crippen LogP contribution in [0.15, 0.2) is 36.4 Å². The van der Waals surface area contributed by atoms with Gasteiger partial charge in [0.15, 0.2) is 0 Å². The molecule has 7 amide bonds. The molecule has 0 radical (unpaired) electrons. The average Bonchev–Trinajstić information content (AvgIpc) is 3.67. The molecule has 18 heteroatoms. The number of unbranched alkanes of at least 4 members (excludes halogenated alkanes) is 1. The van der Waals surface area contributed by atoms with Gasteiger partial charge in [-0.25, -0.2) is 0 Å². The van der Waals surface area contributed by atoms with E-state index in [2.05, 4.69) is 49.2 Å². The van der Waals surface area contributed by atoms with Gasteiger partial charge in [0.1, 0.15) is 42.0 Å². The second kappa shape index (κ2) is 20.6. The van der Waals surface area contributed by atoms with Crippen LogP contribution in [0.4, 0.5) is 0 Å². The number of likely N-dealkylation sites (N-methyl/N-ethyl adjacent to an activating group) is 1. The number of primary amides is 1. The number of nitrogens with two attached hydrogens (primary N) is 2. The normalized spacial score (nSPS) is 20.6. The number of carbonyl (C=O) groups excluding carboxylic acids is 7. The van der Waals surface area contributed by atoms with Gasteiger partial charge in [0.25, 0.3) is 0 Å². The molecule has 6 atom stereocenters. The maximum Gasteiger partial charge on any atom is 0.248 e. The van der Waals surface area contributed by atoms with Crippen molar-refractivity contribution in [2.24, 2.45) is 11.5 Å². The van der Waals surface area contributed by atoms with Gasteiger partial charge in [0, 0.05) is 42.1 Å². The Morgan fingerprint density at radius 1 is 1.04 bits per heavy atom. The van der Waals surface area contributed by atoms with Crippen molar-refractivity contribution < 1.29 is 38.7 Å². The summed E-state index contributed by atoms with van der Waals surface area (Å²) >= 11 is 2.10. The maximum atomic E-state index is 14.3. The molecule has 0 spiro atoms. The van der Waals surface area contributed by atoms with E-state index in [1.165, 1.54) is 36.8 Å². The molecule has 0 unspecified atom stereocenters. The number of phenolic OH excluding ortho intramolecular Hbond substituents is 1. The topological polar surface area (TPSA) is 258 Å². The number of hydrogen-bond acceptors (Lipinski definition) is 10. The van der Waals surface area contributed by atoms with Crippen molar-refractivity contribution >= 4 is 63.9 Å². The molecule has 2 aliphatic rings. The van der Waals surface area contributed by atoms with Gasteiger partial charge in [-0.15, -0.1) is 0 Å². The fourth-order valence-corrected chi connectivity index (χ4v) is 7.70. The van der Waals surface area contributed by atoms with Crippen molar-refractivity contribution in [3.63, 3.8) is 0 Å². The summed E-state index contributed by atoms with van der Waals surface area (Å²) in [5.74, 6) is -4.25. The van der Waals surface area contributed by atoms with Crippen molar-refractivity contribution in [2.45, 2.75) is 95.0 Å². The van der Waals surface area contributed by atoms with E-state index in [1.807, 2.05) is 0 Å². The van der Waals surface area contributed by atoms with Crippen LogP contribution in [0.5, 0.6) is 5.75 Å². The minimum Gasteiger partial charge on any atom is -0.507 e. The van der Waals surface area contributed by atoms with Crippen LogP contribution < -0.4 is 38.1 Å². The van der Waals surface area contributed by atoms with E-state index >= 15 is 0 Å². The SMILES string of the molecule is CNCCC(=O)N[C@@H](CCCCN)C(=O)N(C)[C@@H]1C(=O)N[C@@H](C)C(=O)N[C@H](C(=O)N[C@@H](C)C(=O)N2CCC[C@H]2C(N)=O)Cc2ccc(O)c(c2)-c2cc1ccc2I. The second-order valence-corrected chi connectivity index (χ2v) is 15.7. The van der Waals surface area contributed by atoms with Crippen LogP contribution in [-0.2, 0) is 40.0 Å². The number of rotatable bonds is 14. The van der Waals surface area contributed by atoms with E-state index in [4.69, 9.17) is 11.5 Å². The number of likely N-dealkylation sites (tertiary alicyclic amines) is 1. The number of benzene rings is 2. The summed E-state index contributed by atoms with van der Waals surface area (Å²) in [4.78, 5) is 96.8. The van der Waals surface area contributed by atoms with Crippen LogP contribution in [0.2, 0.25) is 0 Å². The van der Waals surface area contributed by atoms with Crippen molar-refractivity contribution in [2.75, 3.05) is 33.7 Å². The Labute approximate surface area is 345 Å². The van der Waals surface area contributed by atoms with Crippen molar-refractivity contribution in [1.29, 1.82) is 0 Å². The number of hydrogen-bond donors (Lipinski definition) is 8. The van der Waals surface area contributed by atoms with E-state index in [0.717, 1.165) is 0 Å². The fraction of sp³-hybridized carbons (Fsp3) is 0.513. The molecular formula is C39H54IN9O8. The number of aromatic hydroxyl groups is 1. The van der Waals surface area contributed by atoms with Crippen molar-refractivity contribution in [3.05, 3.63) is 51.1 Å². The molecule has 2 aromatic carbocycles. The lowest BCUT2D eigenvalue weighted by atomic mass is 9.94. The lowest BCUT2D eigenvalue weighted by Gasteiger charge is -2.32. The standard InChI is InChI=1S/C39H54IN9O8/c1-21-35(53)47-29(36(54)45-22(2)38(56)49-17-7-9-30(49)34(42)52)19-23-10-13-31(50)26(18-23)25-20-24(11-12-27(25)40)33(37(55)44-21)48(4)39(57)28(8-5-6-15-41)46-32(51)14-16-43-3/h10-13,18,20-22,28-30,33,43,50H,5-9,14-17,19,41H2,1-4H3,(H2,42,52)(H,44,55)(H,45,54)(H,46,51)(H,47,53)/t21-,22-,28-,29-,30-,33-/m0/s1. The highest BCUT2D eigenvalue weighted by Gasteiger charge is 2.38. The predicted molar refractivity (Wildman–Crippen MR) is 220 cm³/mol. The van der Waals surface area contributed by atoms with Gasteiger partial charge < -0.3 is 53.0 Å². The minimum absolute atomic E-state index is 0.0538. The smallest absolute Gasteiger partial charge is 0.248 e. The zero-order valence-electron chi connectivity index (χ0n) is 32.7. The van der Waals surface area contributed by atoms with Crippen LogP contribution >= 0.6 is 22.6 Å². The third kappa shape index (κ3) is 11.4. The number of amides is 7. The third-order valence-electron chi connectivity index (χ3n) is 10.2. The van der Waals surface area contributed by atoms with Crippen LogP contribution in [0.25, 0.3) is 11.1 Å². The monoisotopic (exact) mass is 903 g/mol. The number of carbonyl (C=O) groups is 7. The zero-order valence-corrected chi connectivity index (χ0v) is 34.9. The summed E-state index contributed by atoms with van der Waals surface area (Å²) in [5.41, 5.74) is 13.1. The van der Waals surface area contributed by atoms with Gasteiger partial charge in [-0.05, 0) is 123 Å². The molecule has 17 nitrogen and oxygen atoms in total. The van der Waals surface area contributed by atoms with E-state index in [9.17, 15) is 38.7 Å². The van der Waals surface area contributed by atoms with Crippen LogP contribution in [0.1, 0.15) is 69.5 Å². The highest BCUT2D eigenvalue weighted by atomic mass is 127. The summed E-state index contributed by atoms with van der Waals surface area (Å²) in [5, 5.41) is 24.9. The van der Waals surface area contributed by atoms with E-state index in [-0.39, 0.29) is 30.9 Å². The van der Waals surface area contributed by atoms with Gasteiger partial charge in [0.05, 0.1) is 0 Å². The quantitative estimate of drug-likeness (QED) is 0.0924. The Morgan fingerprint density at radius 2 is 1.77 bits per heavy atom. The molecule has 0 aromatic heterocycles. The van der Waals surface area contributed by atoms with Crippen molar-refractivity contribution in [3.8, 4) is 16.9 Å². The number of phenols is 1. The van der Waals surface area contributed by atoms with Crippen LogP contribution in [0, 0.1) is 3.57 Å². The average molecular weight is 904 g/mol. The summed E-state index contributed by atoms with van der Waals surface area (Å²) in [6.45, 7) is 4.01. The Bertz CT molecular complexity index is 1840. The zero-order chi connectivity index (χ0) is 42.0. The highest BCUT2D eigenvalue weighted by Crippen LogP contribution is 2.36. The molecule has 0 aliphatic carbocycles. The lowest BCUT2D eigenvalue weighted by Crippen LogP contribution is -2.58. The van der Waals surface area contributed by atoms with E-state index < -0.39 is 71.7 Å². The van der Waals surface area contributed by atoms with Crippen LogP contribution in [-0.4, -0.2) is 120 Å². The van der Waals surface area contributed by atoms with Gasteiger partial charge >= 0.3 is 0 Å². The molecule has 2 heterocycles. The van der Waals surface area contributed by atoms with Gasteiger partial charge in [-0.2, -0.15) is 0 Å². The maximum absolute atomic E-state index is 14.3. The predicted octanol–water partition coefficient (Wildman–Crippen LogP) is -0.0868. The molecule has 4 bridgehead atoms. The molecule has 10 N–H and O–H groups in total. The largest absolute Gasteiger partial charge is 0.507 e. The lowest BCUT2D eigenvalue weighted by molar-refractivity contribution is -0.143. The molecule has 1 saturated heterocycles. The number of fused-ring (bicyclic) bond motifs is 5. The summed E-state index contributed by atoms with van der Waals surface area (Å²) in [7, 11) is 3.16. The first kappa shape index (κ1) is 44.9. The Balaban J connectivity index is 1.72. The number of nitrogens with one attached hydrogen (secondary N) is 5.